The minimum Gasteiger partial charge on any atom is -0.494 e. The van der Waals surface area contributed by atoms with E-state index in [1.54, 1.807) is 31.1 Å². The normalized spacial score (nSPS) is 27.9. The topological polar surface area (TPSA) is 121 Å². The van der Waals surface area contributed by atoms with E-state index >= 15 is 0 Å². The van der Waals surface area contributed by atoms with Gasteiger partial charge in [0.25, 0.3) is 0 Å². The first-order chi connectivity index (χ1) is 21.5. The Bertz CT molecular complexity index is 1660. The van der Waals surface area contributed by atoms with E-state index in [9.17, 15) is 19.5 Å². The molecule has 2 fully saturated rings. The SMILES string of the molecule is CCOc1ccc(N2CC=C[C@H]3S[C@]45C=CCN(Cn6nnc7ccccc76)C(=O)C4N(CCCO)C(=O)[C@@H]5[C@H]3C2=O)cc1. The van der Waals surface area contributed by atoms with E-state index in [-0.39, 0.29) is 42.8 Å². The molecule has 1 unspecified atom stereocenters. The molecule has 1 aromatic heterocycles. The van der Waals surface area contributed by atoms with Gasteiger partial charge in [-0.2, -0.15) is 0 Å². The zero-order valence-electron chi connectivity index (χ0n) is 24.4. The third kappa shape index (κ3) is 4.50. The van der Waals surface area contributed by atoms with Crippen molar-refractivity contribution in [2.45, 2.75) is 36.1 Å². The van der Waals surface area contributed by atoms with Gasteiger partial charge in [-0.3, -0.25) is 14.4 Å². The highest BCUT2D eigenvalue weighted by atomic mass is 32.2. The summed E-state index contributed by atoms with van der Waals surface area (Å²) in [6.07, 6.45) is 8.29. The maximum absolute atomic E-state index is 14.5. The number of carbonyl (C=O) groups excluding carboxylic acids is 3. The number of rotatable bonds is 8. The number of aliphatic hydroxyl groups is 1. The van der Waals surface area contributed by atoms with Crippen molar-refractivity contribution in [2.24, 2.45) is 11.8 Å². The number of hydrogen-bond donors (Lipinski definition) is 1. The highest BCUT2D eigenvalue weighted by Gasteiger charge is 2.71. The second kappa shape index (κ2) is 11.4. The van der Waals surface area contributed by atoms with Crippen molar-refractivity contribution in [1.29, 1.82) is 0 Å². The third-order valence-corrected chi connectivity index (χ3v) is 10.7. The van der Waals surface area contributed by atoms with Crippen LogP contribution in [0.25, 0.3) is 11.0 Å². The Kier molecular flexibility index (Phi) is 7.41. The lowest BCUT2D eigenvalue weighted by molar-refractivity contribution is -0.143. The Hall–Kier alpha value is -4.16. The number of amides is 3. The molecule has 0 aliphatic carbocycles. The predicted molar refractivity (Wildman–Crippen MR) is 166 cm³/mol. The number of fused-ring (bicyclic) bond motifs is 3. The van der Waals surface area contributed by atoms with Crippen molar-refractivity contribution in [3.05, 3.63) is 72.8 Å². The first kappa shape index (κ1) is 28.6. The first-order valence-electron chi connectivity index (χ1n) is 15.0. The van der Waals surface area contributed by atoms with Crippen molar-refractivity contribution >= 4 is 46.2 Å². The lowest BCUT2D eigenvalue weighted by Gasteiger charge is -2.35. The summed E-state index contributed by atoms with van der Waals surface area (Å²) < 4.78 is 6.35. The van der Waals surface area contributed by atoms with Crippen molar-refractivity contribution < 1.29 is 24.2 Å². The van der Waals surface area contributed by atoms with Crippen molar-refractivity contribution in [2.75, 3.05) is 37.7 Å². The Morgan fingerprint density at radius 3 is 2.64 bits per heavy atom. The fourth-order valence-corrected chi connectivity index (χ4v) is 9.10. The molecule has 228 valence electrons. The standard InChI is InChI=1S/C32H34N6O5S/c1-2-43-22-13-11-21(12-14-22)36-17-5-10-25-26(29(36)40)27-30(41)37(18-7-19-39)28-31(42)35(16-6-15-32(27,28)44-25)20-38-24-9-4-3-8-23(24)33-34-38/h3-6,8-15,25-28,39H,2,7,16-20H2,1H3/t25-,26+,27+,28?,32+/m1/s1. The summed E-state index contributed by atoms with van der Waals surface area (Å²) in [4.78, 5) is 48.3. The molecule has 44 heavy (non-hydrogen) atoms. The van der Waals surface area contributed by atoms with Crippen molar-refractivity contribution in [3.63, 3.8) is 0 Å². The number of ether oxygens (including phenoxy) is 1. The molecule has 3 aromatic rings. The van der Waals surface area contributed by atoms with E-state index in [4.69, 9.17) is 4.74 Å². The second-order valence-corrected chi connectivity index (χ2v) is 12.9. The summed E-state index contributed by atoms with van der Waals surface area (Å²) in [5, 5.41) is 17.9. The fourth-order valence-electron chi connectivity index (χ4n) is 7.10. The smallest absolute Gasteiger partial charge is 0.248 e. The quantitative estimate of drug-likeness (QED) is 0.385. The van der Waals surface area contributed by atoms with Gasteiger partial charge in [-0.25, -0.2) is 4.68 Å². The lowest BCUT2D eigenvalue weighted by Crippen LogP contribution is -2.53. The number of para-hydroxylation sites is 1. The molecule has 0 saturated carbocycles. The minimum absolute atomic E-state index is 0.112. The minimum atomic E-state index is -0.931. The fraction of sp³-hybridized carbons (Fsp3) is 0.406. The van der Waals surface area contributed by atoms with E-state index in [0.29, 0.717) is 26.1 Å². The van der Waals surface area contributed by atoms with Crippen molar-refractivity contribution in [1.82, 2.24) is 24.8 Å². The van der Waals surface area contributed by atoms with E-state index in [1.165, 1.54) is 0 Å². The summed E-state index contributed by atoms with van der Waals surface area (Å²) in [6.45, 7) is 3.47. The van der Waals surface area contributed by atoms with Crippen LogP contribution < -0.4 is 9.64 Å². The van der Waals surface area contributed by atoms with E-state index in [2.05, 4.69) is 10.3 Å². The van der Waals surface area contributed by atoms with Crippen LogP contribution in [0.2, 0.25) is 0 Å². The summed E-state index contributed by atoms with van der Waals surface area (Å²) >= 11 is 1.54. The van der Waals surface area contributed by atoms with Gasteiger partial charge >= 0.3 is 0 Å². The first-order valence-corrected chi connectivity index (χ1v) is 15.9. The van der Waals surface area contributed by atoms with Gasteiger partial charge in [-0.15, -0.1) is 16.9 Å². The summed E-state index contributed by atoms with van der Waals surface area (Å²) in [6, 6.07) is 14.2. The molecule has 4 aliphatic rings. The van der Waals surface area contributed by atoms with E-state index in [0.717, 1.165) is 22.5 Å². The monoisotopic (exact) mass is 614 g/mol. The number of carbonyl (C=O) groups is 3. The molecular weight excluding hydrogens is 580 g/mol. The molecule has 7 rings (SSSR count). The molecule has 5 atom stereocenters. The van der Waals surface area contributed by atoms with Crippen LogP contribution >= 0.6 is 11.8 Å². The van der Waals surface area contributed by atoms with Gasteiger partial charge in [0.05, 0.1) is 28.7 Å². The molecule has 1 spiro atoms. The highest BCUT2D eigenvalue weighted by Crippen LogP contribution is 2.61. The molecule has 2 saturated heterocycles. The lowest BCUT2D eigenvalue weighted by atomic mass is 9.78. The van der Waals surface area contributed by atoms with E-state index < -0.39 is 22.6 Å². The number of aliphatic hydroxyl groups excluding tert-OH is 1. The van der Waals surface area contributed by atoms with Crippen LogP contribution in [-0.2, 0) is 21.1 Å². The number of benzene rings is 2. The van der Waals surface area contributed by atoms with Gasteiger partial charge in [-0.1, -0.05) is 41.7 Å². The molecule has 5 heterocycles. The third-order valence-electron chi connectivity index (χ3n) is 8.98. The summed E-state index contributed by atoms with van der Waals surface area (Å²) in [5.74, 6) is -1.21. The average molecular weight is 615 g/mol. The zero-order chi connectivity index (χ0) is 30.4. The molecule has 0 bridgehead atoms. The van der Waals surface area contributed by atoms with Gasteiger partial charge in [-0.05, 0) is 49.7 Å². The molecular formula is C32H34N6O5S. The maximum atomic E-state index is 14.5. The molecule has 11 nitrogen and oxygen atoms in total. The number of thioether (sulfide) groups is 1. The van der Waals surface area contributed by atoms with Crippen LogP contribution in [0.15, 0.2) is 72.8 Å². The number of aromatic nitrogens is 3. The molecule has 2 aromatic carbocycles. The molecule has 3 amide bonds. The number of nitrogens with zero attached hydrogens (tertiary/aromatic N) is 6. The Balaban J connectivity index is 1.24. The number of likely N-dealkylation sites (tertiary alicyclic amines) is 1. The Labute approximate surface area is 259 Å². The van der Waals surface area contributed by atoms with Crippen LogP contribution in [0.3, 0.4) is 0 Å². The van der Waals surface area contributed by atoms with Crippen LogP contribution in [0.4, 0.5) is 5.69 Å². The Morgan fingerprint density at radius 2 is 1.84 bits per heavy atom. The number of anilines is 1. The second-order valence-electron chi connectivity index (χ2n) is 11.4. The van der Waals surface area contributed by atoms with E-state index in [1.807, 2.05) is 79.8 Å². The van der Waals surface area contributed by atoms with Crippen LogP contribution in [-0.4, -0.2) is 96.5 Å². The van der Waals surface area contributed by atoms with Crippen LogP contribution in [0.1, 0.15) is 13.3 Å². The van der Waals surface area contributed by atoms with Gasteiger partial charge in [0.2, 0.25) is 17.7 Å². The predicted octanol–water partition coefficient (Wildman–Crippen LogP) is 2.47. The zero-order valence-corrected chi connectivity index (χ0v) is 25.2. The molecule has 0 radical (unpaired) electrons. The van der Waals surface area contributed by atoms with Crippen LogP contribution in [0, 0.1) is 11.8 Å². The molecule has 4 aliphatic heterocycles. The maximum Gasteiger partial charge on any atom is 0.248 e. The summed E-state index contributed by atoms with van der Waals surface area (Å²) in [5.41, 5.74) is 2.27. The number of hydrogen-bond acceptors (Lipinski definition) is 8. The van der Waals surface area contributed by atoms with Crippen molar-refractivity contribution in [3.8, 4) is 5.75 Å². The highest BCUT2D eigenvalue weighted by molar-refractivity contribution is 8.02. The van der Waals surface area contributed by atoms with Gasteiger partial charge in [0.15, 0.2) is 0 Å². The van der Waals surface area contributed by atoms with Gasteiger partial charge in [0, 0.05) is 37.2 Å². The van der Waals surface area contributed by atoms with Crippen LogP contribution in [0.5, 0.6) is 5.75 Å². The summed E-state index contributed by atoms with van der Waals surface area (Å²) in [7, 11) is 0. The van der Waals surface area contributed by atoms with Gasteiger partial charge < -0.3 is 24.5 Å². The molecule has 12 heteroatoms. The van der Waals surface area contributed by atoms with Gasteiger partial charge in [0.1, 0.15) is 24.0 Å². The molecule has 1 N–H and O–H groups in total. The largest absolute Gasteiger partial charge is 0.494 e. The average Bonchev–Trinajstić information content (AvgIpc) is 3.58. The Morgan fingerprint density at radius 1 is 1.02 bits per heavy atom.